The third-order valence-electron chi connectivity index (χ3n) is 7.30. The summed E-state index contributed by atoms with van der Waals surface area (Å²) < 4.78 is 0. The molecular formula is C29H36. The molecule has 0 amide bonds. The Bertz CT molecular complexity index is 904. The van der Waals surface area contributed by atoms with Crippen molar-refractivity contribution in [2.24, 2.45) is 5.41 Å². The lowest BCUT2D eigenvalue weighted by Gasteiger charge is -2.42. The van der Waals surface area contributed by atoms with Crippen molar-refractivity contribution < 1.29 is 0 Å². The molecule has 0 aliphatic heterocycles. The molecule has 0 saturated heterocycles. The van der Waals surface area contributed by atoms with Crippen LogP contribution in [-0.4, -0.2) is 0 Å². The standard InChI is InChI=1S/C29H36/c1-7-11-21-17-25-19(3)13-9-15-23(25)27(21)29(5,6)28-22(12-8-2)18-26-20(4)14-10-16-24(26)28/h9-10,13-18,27-28H,7-8,11-12H2,1-6H3. The average Bonchev–Trinajstić information content (AvgIpc) is 3.23. The summed E-state index contributed by atoms with van der Waals surface area (Å²) in [6, 6.07) is 13.8. The molecule has 0 heterocycles. The first-order valence-corrected chi connectivity index (χ1v) is 11.5. The molecule has 2 aliphatic carbocycles. The third-order valence-corrected chi connectivity index (χ3v) is 7.30. The van der Waals surface area contributed by atoms with Gasteiger partial charge in [-0.3, -0.25) is 0 Å². The second kappa shape index (κ2) is 7.63. The zero-order valence-corrected chi connectivity index (χ0v) is 19.1. The Hall–Kier alpha value is -2.08. The van der Waals surface area contributed by atoms with Crippen LogP contribution in [0.2, 0.25) is 0 Å². The summed E-state index contributed by atoms with van der Waals surface area (Å²) in [5.41, 5.74) is 12.3. The number of rotatable bonds is 6. The second-order valence-electron chi connectivity index (χ2n) is 9.78. The Kier molecular flexibility index (Phi) is 5.32. The summed E-state index contributed by atoms with van der Waals surface area (Å²) in [7, 11) is 0. The topological polar surface area (TPSA) is 0 Å². The third kappa shape index (κ3) is 3.21. The van der Waals surface area contributed by atoms with Crippen LogP contribution in [0, 0.1) is 19.3 Å². The summed E-state index contributed by atoms with van der Waals surface area (Å²) in [5, 5.41) is 0. The van der Waals surface area contributed by atoms with E-state index in [4.69, 9.17) is 0 Å². The fourth-order valence-corrected chi connectivity index (χ4v) is 6.18. The molecule has 2 atom stereocenters. The molecule has 29 heavy (non-hydrogen) atoms. The van der Waals surface area contributed by atoms with Gasteiger partial charge in [0.25, 0.3) is 0 Å². The predicted molar refractivity (Wildman–Crippen MR) is 127 cm³/mol. The molecule has 0 aromatic heterocycles. The van der Waals surface area contributed by atoms with Gasteiger partial charge < -0.3 is 0 Å². The normalized spacial score (nSPS) is 20.3. The van der Waals surface area contributed by atoms with E-state index in [2.05, 4.69) is 90.1 Å². The number of hydrogen-bond donors (Lipinski definition) is 0. The van der Waals surface area contributed by atoms with E-state index >= 15 is 0 Å². The monoisotopic (exact) mass is 384 g/mol. The highest BCUT2D eigenvalue weighted by Gasteiger charge is 2.46. The van der Waals surface area contributed by atoms with Crippen LogP contribution in [0.4, 0.5) is 0 Å². The quantitative estimate of drug-likeness (QED) is 0.468. The van der Waals surface area contributed by atoms with Crippen molar-refractivity contribution in [3.8, 4) is 0 Å². The number of allylic oxidation sites excluding steroid dienone is 2. The Balaban J connectivity index is 1.86. The lowest BCUT2D eigenvalue weighted by Crippen LogP contribution is -2.30. The lowest BCUT2D eigenvalue weighted by atomic mass is 9.61. The van der Waals surface area contributed by atoms with Crippen molar-refractivity contribution >= 4 is 12.2 Å². The van der Waals surface area contributed by atoms with Crippen molar-refractivity contribution in [2.45, 2.75) is 79.1 Å². The molecule has 0 bridgehead atoms. The zero-order chi connectivity index (χ0) is 20.8. The van der Waals surface area contributed by atoms with Gasteiger partial charge in [-0.2, -0.15) is 0 Å². The summed E-state index contributed by atoms with van der Waals surface area (Å²) >= 11 is 0. The molecule has 0 fully saturated rings. The van der Waals surface area contributed by atoms with Gasteiger partial charge in [0, 0.05) is 11.8 Å². The Morgan fingerprint density at radius 1 is 0.690 bits per heavy atom. The first-order valence-electron chi connectivity index (χ1n) is 11.5. The van der Waals surface area contributed by atoms with Crippen LogP contribution in [0.15, 0.2) is 47.5 Å². The lowest BCUT2D eigenvalue weighted by molar-refractivity contribution is 0.268. The molecule has 0 saturated carbocycles. The van der Waals surface area contributed by atoms with Gasteiger partial charge in [-0.15, -0.1) is 0 Å². The molecule has 2 aliphatic rings. The fourth-order valence-electron chi connectivity index (χ4n) is 6.18. The number of aryl methyl sites for hydroxylation is 2. The van der Waals surface area contributed by atoms with Gasteiger partial charge in [0.15, 0.2) is 0 Å². The van der Waals surface area contributed by atoms with Gasteiger partial charge in [0.05, 0.1) is 0 Å². The van der Waals surface area contributed by atoms with Crippen LogP contribution in [0.1, 0.15) is 98.6 Å². The molecule has 0 spiro atoms. The molecule has 0 nitrogen and oxygen atoms in total. The summed E-state index contributed by atoms with van der Waals surface area (Å²) in [6.07, 6.45) is 9.86. The summed E-state index contributed by atoms with van der Waals surface area (Å²) in [6.45, 7) is 14.2. The van der Waals surface area contributed by atoms with Crippen LogP contribution in [0.5, 0.6) is 0 Å². The van der Waals surface area contributed by atoms with Crippen LogP contribution in [-0.2, 0) is 0 Å². The highest BCUT2D eigenvalue weighted by atomic mass is 14.5. The zero-order valence-electron chi connectivity index (χ0n) is 19.1. The molecular weight excluding hydrogens is 348 g/mol. The first kappa shape index (κ1) is 20.2. The SMILES string of the molecule is CCCC1=Cc2c(C)cccc2C1C(C)(C)C1C(CCC)=Cc2c(C)cccc21. The van der Waals surface area contributed by atoms with Gasteiger partial charge in [-0.25, -0.2) is 0 Å². The van der Waals surface area contributed by atoms with Crippen LogP contribution >= 0.6 is 0 Å². The molecule has 0 heteroatoms. The Morgan fingerprint density at radius 3 is 1.48 bits per heavy atom. The fraction of sp³-hybridized carbons (Fsp3) is 0.448. The van der Waals surface area contributed by atoms with E-state index in [0.29, 0.717) is 11.8 Å². The van der Waals surface area contributed by atoms with Crippen molar-refractivity contribution in [2.75, 3.05) is 0 Å². The van der Waals surface area contributed by atoms with Crippen molar-refractivity contribution in [3.05, 3.63) is 80.9 Å². The Labute approximate surface area is 177 Å². The van der Waals surface area contributed by atoms with E-state index in [1.807, 2.05) is 0 Å². The maximum atomic E-state index is 2.53. The predicted octanol–water partition coefficient (Wildman–Crippen LogP) is 8.59. The number of hydrogen-bond acceptors (Lipinski definition) is 0. The summed E-state index contributed by atoms with van der Waals surface area (Å²) in [4.78, 5) is 0. The molecule has 0 radical (unpaired) electrons. The van der Waals surface area contributed by atoms with E-state index in [1.165, 1.54) is 47.9 Å². The van der Waals surface area contributed by atoms with E-state index in [1.54, 1.807) is 22.3 Å². The van der Waals surface area contributed by atoms with Crippen LogP contribution in [0.25, 0.3) is 12.2 Å². The van der Waals surface area contributed by atoms with Crippen LogP contribution in [0.3, 0.4) is 0 Å². The van der Waals surface area contributed by atoms with E-state index in [-0.39, 0.29) is 5.41 Å². The van der Waals surface area contributed by atoms with Gasteiger partial charge in [-0.05, 0) is 65.5 Å². The van der Waals surface area contributed by atoms with Crippen LogP contribution < -0.4 is 0 Å². The number of fused-ring (bicyclic) bond motifs is 2. The molecule has 2 aromatic carbocycles. The number of benzene rings is 2. The average molecular weight is 385 g/mol. The molecule has 152 valence electrons. The van der Waals surface area contributed by atoms with Gasteiger partial charge in [0.2, 0.25) is 0 Å². The Morgan fingerprint density at radius 2 is 1.10 bits per heavy atom. The summed E-state index contributed by atoms with van der Waals surface area (Å²) in [5.74, 6) is 0.989. The molecule has 0 N–H and O–H groups in total. The minimum Gasteiger partial charge on any atom is -0.0651 e. The van der Waals surface area contributed by atoms with E-state index in [0.717, 1.165) is 0 Å². The highest BCUT2D eigenvalue weighted by Crippen LogP contribution is 2.60. The molecule has 4 rings (SSSR count). The minimum atomic E-state index is 0.139. The van der Waals surface area contributed by atoms with E-state index in [9.17, 15) is 0 Å². The van der Waals surface area contributed by atoms with E-state index < -0.39 is 0 Å². The maximum absolute atomic E-state index is 2.53. The highest BCUT2D eigenvalue weighted by molar-refractivity contribution is 5.73. The van der Waals surface area contributed by atoms with Gasteiger partial charge in [-0.1, -0.05) is 100 Å². The van der Waals surface area contributed by atoms with Crippen molar-refractivity contribution in [1.29, 1.82) is 0 Å². The van der Waals surface area contributed by atoms with Crippen molar-refractivity contribution in [3.63, 3.8) is 0 Å². The molecule has 2 unspecified atom stereocenters. The first-order chi connectivity index (χ1) is 13.9. The second-order valence-corrected chi connectivity index (χ2v) is 9.78. The largest absolute Gasteiger partial charge is 0.0651 e. The maximum Gasteiger partial charge on any atom is 0.0118 e. The van der Waals surface area contributed by atoms with Gasteiger partial charge >= 0.3 is 0 Å². The van der Waals surface area contributed by atoms with Gasteiger partial charge in [0.1, 0.15) is 0 Å². The smallest absolute Gasteiger partial charge is 0.0118 e. The minimum absolute atomic E-state index is 0.139. The molecule has 2 aromatic rings. The van der Waals surface area contributed by atoms with Crippen molar-refractivity contribution in [1.82, 2.24) is 0 Å².